The summed E-state index contributed by atoms with van der Waals surface area (Å²) in [6.45, 7) is 2.82. The van der Waals surface area contributed by atoms with E-state index in [9.17, 15) is 14.0 Å². The average Bonchev–Trinajstić information content (AvgIpc) is 3.26. The summed E-state index contributed by atoms with van der Waals surface area (Å²) in [5.74, 6) is -1.00. The van der Waals surface area contributed by atoms with E-state index >= 15 is 0 Å². The zero-order valence-corrected chi connectivity index (χ0v) is 13.2. The van der Waals surface area contributed by atoms with Crippen LogP contribution in [0.3, 0.4) is 0 Å². The Balaban J connectivity index is 1.75. The fourth-order valence-electron chi connectivity index (χ4n) is 2.80. The van der Waals surface area contributed by atoms with Crippen molar-refractivity contribution in [1.29, 1.82) is 0 Å². The Morgan fingerprint density at radius 2 is 2.17 bits per heavy atom. The predicted molar refractivity (Wildman–Crippen MR) is 80.8 cm³/mol. The summed E-state index contributed by atoms with van der Waals surface area (Å²) in [6.07, 6.45) is 2.20. The van der Waals surface area contributed by atoms with Crippen molar-refractivity contribution in [1.82, 2.24) is 29.7 Å². The van der Waals surface area contributed by atoms with E-state index in [1.54, 1.807) is 16.9 Å². The Morgan fingerprint density at radius 1 is 1.38 bits per heavy atom. The van der Waals surface area contributed by atoms with Crippen molar-refractivity contribution in [2.75, 3.05) is 6.54 Å². The van der Waals surface area contributed by atoms with Crippen LogP contribution in [-0.4, -0.2) is 60.2 Å². The normalized spacial score (nSPS) is 20.5. The van der Waals surface area contributed by atoms with Gasteiger partial charge in [-0.25, -0.2) is 9.07 Å². The smallest absolute Gasteiger partial charge is 0.274 e. The minimum absolute atomic E-state index is 0.0137. The topological polar surface area (TPSA) is 112 Å². The van der Waals surface area contributed by atoms with E-state index in [0.29, 0.717) is 6.54 Å². The second-order valence-electron chi connectivity index (χ2n) is 5.69. The fraction of sp³-hybridized carbons (Fsp3) is 0.500. The van der Waals surface area contributed by atoms with Gasteiger partial charge in [0.15, 0.2) is 5.69 Å². The molecule has 3 rings (SSSR count). The van der Waals surface area contributed by atoms with Gasteiger partial charge in [0.25, 0.3) is 11.8 Å². The van der Waals surface area contributed by atoms with Gasteiger partial charge in [-0.15, -0.1) is 5.10 Å². The van der Waals surface area contributed by atoms with Crippen molar-refractivity contribution in [3.63, 3.8) is 0 Å². The Labute approximate surface area is 137 Å². The van der Waals surface area contributed by atoms with Crippen molar-refractivity contribution in [3.05, 3.63) is 29.8 Å². The molecular formula is C14H18FN7O2. The van der Waals surface area contributed by atoms with Gasteiger partial charge in [-0.05, 0) is 13.0 Å². The molecule has 2 N–H and O–H groups in total. The molecule has 2 unspecified atom stereocenters. The molecule has 1 aliphatic rings. The summed E-state index contributed by atoms with van der Waals surface area (Å²) >= 11 is 0. The van der Waals surface area contributed by atoms with E-state index in [4.69, 9.17) is 5.73 Å². The number of nitrogens with two attached hydrogens (primary N) is 1. The molecule has 24 heavy (non-hydrogen) atoms. The highest BCUT2D eigenvalue weighted by molar-refractivity contribution is 5.92. The van der Waals surface area contributed by atoms with E-state index in [2.05, 4.69) is 15.4 Å². The number of hydrogen-bond acceptors (Lipinski definition) is 5. The molecule has 0 saturated carbocycles. The lowest BCUT2D eigenvalue weighted by Crippen LogP contribution is -2.38. The van der Waals surface area contributed by atoms with Crippen LogP contribution in [0.4, 0.5) is 4.39 Å². The highest BCUT2D eigenvalue weighted by atomic mass is 19.1. The second-order valence-corrected chi connectivity index (χ2v) is 5.69. The van der Waals surface area contributed by atoms with E-state index < -0.39 is 12.1 Å². The van der Waals surface area contributed by atoms with Gasteiger partial charge in [-0.1, -0.05) is 5.21 Å². The van der Waals surface area contributed by atoms with Gasteiger partial charge in [-0.2, -0.15) is 5.10 Å². The lowest BCUT2D eigenvalue weighted by molar-refractivity contribution is 0.0707. The highest BCUT2D eigenvalue weighted by Crippen LogP contribution is 2.23. The van der Waals surface area contributed by atoms with Gasteiger partial charge in [-0.3, -0.25) is 14.3 Å². The van der Waals surface area contributed by atoms with Gasteiger partial charge in [0.05, 0.1) is 25.3 Å². The van der Waals surface area contributed by atoms with Gasteiger partial charge >= 0.3 is 0 Å². The number of likely N-dealkylation sites (tertiary alicyclic amines) is 1. The van der Waals surface area contributed by atoms with Gasteiger partial charge in [0, 0.05) is 19.2 Å². The summed E-state index contributed by atoms with van der Waals surface area (Å²) < 4.78 is 16.9. The standard InChI is InChI=1S/C14H18FN7O2/c1-2-20-4-3-11(18-20)14(24)22-6-9(15)5-10(22)7-21-8-12(13(16)23)17-19-21/h3-4,8-10H,2,5-7H2,1H3,(H2,16,23). The Kier molecular flexibility index (Phi) is 4.28. The molecule has 3 heterocycles. The van der Waals surface area contributed by atoms with Crippen LogP contribution in [0.25, 0.3) is 0 Å². The second kappa shape index (κ2) is 6.38. The lowest BCUT2D eigenvalue weighted by atomic mass is 10.2. The molecule has 2 aromatic heterocycles. The first kappa shape index (κ1) is 16.1. The van der Waals surface area contributed by atoms with E-state index in [1.165, 1.54) is 15.8 Å². The van der Waals surface area contributed by atoms with Gasteiger partial charge in [0.2, 0.25) is 0 Å². The van der Waals surface area contributed by atoms with Crippen LogP contribution in [0.15, 0.2) is 18.5 Å². The number of carbonyl (C=O) groups is 2. The number of aromatic nitrogens is 5. The molecule has 0 radical (unpaired) electrons. The first-order valence-corrected chi connectivity index (χ1v) is 7.66. The largest absolute Gasteiger partial charge is 0.364 e. The number of hydrogen-bond donors (Lipinski definition) is 1. The first-order chi connectivity index (χ1) is 11.5. The molecule has 2 atom stereocenters. The third-order valence-electron chi connectivity index (χ3n) is 4.00. The Morgan fingerprint density at radius 3 is 2.79 bits per heavy atom. The maximum Gasteiger partial charge on any atom is 0.274 e. The molecule has 0 aliphatic carbocycles. The summed E-state index contributed by atoms with van der Waals surface area (Å²) in [5.41, 5.74) is 5.45. The molecule has 1 saturated heterocycles. The Hall–Kier alpha value is -2.78. The van der Waals surface area contributed by atoms with Crippen LogP contribution in [-0.2, 0) is 13.1 Å². The molecule has 9 nitrogen and oxygen atoms in total. The van der Waals surface area contributed by atoms with E-state index in [0.717, 1.165) is 0 Å². The monoisotopic (exact) mass is 335 g/mol. The fourth-order valence-corrected chi connectivity index (χ4v) is 2.80. The molecule has 1 fully saturated rings. The summed E-state index contributed by atoms with van der Waals surface area (Å²) in [4.78, 5) is 25.1. The summed E-state index contributed by atoms with van der Waals surface area (Å²) in [5, 5.41) is 11.6. The van der Waals surface area contributed by atoms with Crippen LogP contribution < -0.4 is 5.73 Å². The van der Waals surface area contributed by atoms with E-state index in [-0.39, 0.29) is 42.8 Å². The number of aryl methyl sites for hydroxylation is 1. The van der Waals surface area contributed by atoms with Crippen LogP contribution >= 0.6 is 0 Å². The molecule has 0 spiro atoms. The van der Waals surface area contributed by atoms with Crippen LogP contribution in [0.1, 0.15) is 34.3 Å². The molecule has 2 aromatic rings. The number of halogens is 1. The molecule has 1 aliphatic heterocycles. The number of rotatable bonds is 5. The van der Waals surface area contributed by atoms with Gasteiger partial charge in [0.1, 0.15) is 11.9 Å². The molecule has 10 heteroatoms. The number of primary amides is 1. The third-order valence-corrected chi connectivity index (χ3v) is 4.00. The van der Waals surface area contributed by atoms with Crippen molar-refractivity contribution in [2.45, 2.75) is 38.6 Å². The highest BCUT2D eigenvalue weighted by Gasteiger charge is 2.37. The van der Waals surface area contributed by atoms with Crippen molar-refractivity contribution in [3.8, 4) is 0 Å². The van der Waals surface area contributed by atoms with Crippen molar-refractivity contribution < 1.29 is 14.0 Å². The van der Waals surface area contributed by atoms with Crippen LogP contribution in [0.5, 0.6) is 0 Å². The van der Waals surface area contributed by atoms with Crippen LogP contribution in [0.2, 0.25) is 0 Å². The average molecular weight is 335 g/mol. The maximum atomic E-state index is 13.9. The third kappa shape index (κ3) is 3.12. The SMILES string of the molecule is CCn1ccc(C(=O)N2CC(F)CC2Cn2cc(C(N)=O)nn2)n1. The first-order valence-electron chi connectivity index (χ1n) is 7.66. The zero-order chi connectivity index (χ0) is 17.3. The quantitative estimate of drug-likeness (QED) is 0.816. The molecular weight excluding hydrogens is 317 g/mol. The molecule has 2 amide bonds. The predicted octanol–water partition coefficient (Wildman–Crippen LogP) is -0.154. The van der Waals surface area contributed by atoms with Crippen LogP contribution in [0, 0.1) is 0 Å². The minimum Gasteiger partial charge on any atom is -0.364 e. The van der Waals surface area contributed by atoms with Crippen molar-refractivity contribution in [2.24, 2.45) is 5.73 Å². The summed E-state index contributed by atoms with van der Waals surface area (Å²) in [7, 11) is 0. The molecule has 0 bridgehead atoms. The summed E-state index contributed by atoms with van der Waals surface area (Å²) in [6, 6.07) is 1.23. The minimum atomic E-state index is -1.11. The van der Waals surface area contributed by atoms with E-state index in [1.807, 2.05) is 6.92 Å². The zero-order valence-electron chi connectivity index (χ0n) is 13.2. The number of alkyl halides is 1. The van der Waals surface area contributed by atoms with Crippen molar-refractivity contribution >= 4 is 11.8 Å². The Bertz CT molecular complexity index is 756. The number of amides is 2. The molecule has 0 aromatic carbocycles. The van der Waals surface area contributed by atoms with Gasteiger partial charge < -0.3 is 10.6 Å². The lowest BCUT2D eigenvalue weighted by Gasteiger charge is -2.23. The molecule has 128 valence electrons. The maximum absolute atomic E-state index is 13.9. The number of carbonyl (C=O) groups excluding carboxylic acids is 2. The number of nitrogens with zero attached hydrogens (tertiary/aromatic N) is 6.